The van der Waals surface area contributed by atoms with E-state index in [-0.39, 0.29) is 11.6 Å². The van der Waals surface area contributed by atoms with Gasteiger partial charge in [0.1, 0.15) is 5.82 Å². The fraction of sp³-hybridized carbons (Fsp3) is 0.167. The van der Waals surface area contributed by atoms with E-state index in [0.29, 0.717) is 22.0 Å². The zero-order valence-electron chi connectivity index (χ0n) is 9.61. The van der Waals surface area contributed by atoms with E-state index >= 15 is 0 Å². The number of hydrogen-bond donors (Lipinski definition) is 2. The lowest BCUT2D eigenvalue weighted by Gasteiger charge is -2.00. The molecule has 0 aliphatic carbocycles. The van der Waals surface area contributed by atoms with Crippen LogP contribution < -0.4 is 0 Å². The first-order valence-corrected chi connectivity index (χ1v) is 6.21. The maximum Gasteiger partial charge on any atom is 0.313 e. The van der Waals surface area contributed by atoms with E-state index in [2.05, 4.69) is 9.97 Å². The van der Waals surface area contributed by atoms with Crippen molar-refractivity contribution in [1.82, 2.24) is 9.97 Å². The van der Waals surface area contributed by atoms with Gasteiger partial charge in [0.2, 0.25) is 0 Å². The van der Waals surface area contributed by atoms with Crippen molar-refractivity contribution in [2.75, 3.05) is 5.75 Å². The maximum absolute atomic E-state index is 13.4. The van der Waals surface area contributed by atoms with Crippen molar-refractivity contribution in [2.45, 2.75) is 12.1 Å². The van der Waals surface area contributed by atoms with Gasteiger partial charge in [-0.05, 0) is 18.6 Å². The highest BCUT2D eigenvalue weighted by Gasteiger charge is 2.07. The fourth-order valence-corrected chi connectivity index (χ4v) is 1.98. The summed E-state index contributed by atoms with van der Waals surface area (Å²) in [5, 5.41) is 9.06. The van der Waals surface area contributed by atoms with Crippen LogP contribution in [0.2, 0.25) is 0 Å². The number of H-pyrrole nitrogens is 1. The van der Waals surface area contributed by atoms with Gasteiger partial charge in [0, 0.05) is 5.56 Å². The van der Waals surface area contributed by atoms with E-state index in [1.54, 1.807) is 25.3 Å². The molecule has 2 aromatic rings. The summed E-state index contributed by atoms with van der Waals surface area (Å²) in [4.78, 5) is 17.4. The summed E-state index contributed by atoms with van der Waals surface area (Å²) in [5.41, 5.74) is 1.94. The van der Waals surface area contributed by atoms with Gasteiger partial charge < -0.3 is 10.1 Å². The Morgan fingerprint density at radius 3 is 3.00 bits per heavy atom. The van der Waals surface area contributed by atoms with Gasteiger partial charge in [-0.3, -0.25) is 4.79 Å². The highest BCUT2D eigenvalue weighted by atomic mass is 32.2. The summed E-state index contributed by atoms with van der Waals surface area (Å²) in [6, 6.07) is 4.90. The van der Waals surface area contributed by atoms with Crippen LogP contribution in [0.1, 0.15) is 5.56 Å². The lowest BCUT2D eigenvalue weighted by molar-refractivity contribution is -0.133. The smallest absolute Gasteiger partial charge is 0.313 e. The van der Waals surface area contributed by atoms with Crippen LogP contribution in [0, 0.1) is 12.7 Å². The average molecular weight is 266 g/mol. The van der Waals surface area contributed by atoms with Crippen molar-refractivity contribution >= 4 is 17.7 Å². The quantitative estimate of drug-likeness (QED) is 0.835. The third kappa shape index (κ3) is 2.89. The number of carbonyl (C=O) groups is 1. The van der Waals surface area contributed by atoms with Gasteiger partial charge in [0.15, 0.2) is 5.16 Å². The van der Waals surface area contributed by atoms with Gasteiger partial charge in [-0.25, -0.2) is 9.37 Å². The molecular formula is C12H11FN2O2S. The Balaban J connectivity index is 2.18. The number of thioether (sulfide) groups is 1. The number of imidazole rings is 1. The van der Waals surface area contributed by atoms with Gasteiger partial charge >= 0.3 is 5.97 Å². The molecule has 0 saturated carbocycles. The zero-order chi connectivity index (χ0) is 13.1. The molecular weight excluding hydrogens is 255 g/mol. The maximum atomic E-state index is 13.4. The molecule has 0 unspecified atom stereocenters. The summed E-state index contributed by atoms with van der Waals surface area (Å²) >= 11 is 1.09. The highest BCUT2D eigenvalue weighted by molar-refractivity contribution is 7.99. The number of aromatic nitrogens is 2. The molecule has 0 atom stereocenters. The summed E-state index contributed by atoms with van der Waals surface area (Å²) in [7, 11) is 0. The standard InChI is InChI=1S/C12H11FN2O2S/c1-7-2-3-8(4-9(7)13)10-5-14-12(15-10)18-6-11(16)17/h2-5H,6H2,1H3,(H,14,15)(H,16,17). The SMILES string of the molecule is Cc1ccc(-c2cnc(SCC(=O)O)[nH]2)cc1F. The van der Waals surface area contributed by atoms with Crippen molar-refractivity contribution in [1.29, 1.82) is 0 Å². The first kappa shape index (κ1) is 12.6. The summed E-state index contributed by atoms with van der Waals surface area (Å²) in [6.45, 7) is 1.69. The topological polar surface area (TPSA) is 66.0 Å². The van der Waals surface area contributed by atoms with Crippen LogP contribution in [0.3, 0.4) is 0 Å². The van der Waals surface area contributed by atoms with Gasteiger partial charge in [-0.1, -0.05) is 23.9 Å². The second-order valence-electron chi connectivity index (χ2n) is 3.75. The van der Waals surface area contributed by atoms with Crippen molar-refractivity contribution in [2.24, 2.45) is 0 Å². The van der Waals surface area contributed by atoms with E-state index in [9.17, 15) is 9.18 Å². The van der Waals surface area contributed by atoms with Crippen molar-refractivity contribution in [3.05, 3.63) is 35.8 Å². The minimum absolute atomic E-state index is 0.0603. The van der Waals surface area contributed by atoms with E-state index in [1.165, 1.54) is 6.07 Å². The molecule has 1 aromatic carbocycles. The fourth-order valence-electron chi connectivity index (χ4n) is 1.41. The number of carboxylic acid groups (broad SMARTS) is 1. The third-order valence-corrected chi connectivity index (χ3v) is 3.24. The van der Waals surface area contributed by atoms with Crippen molar-refractivity contribution in [3.63, 3.8) is 0 Å². The highest BCUT2D eigenvalue weighted by Crippen LogP contribution is 2.23. The lowest BCUT2D eigenvalue weighted by atomic mass is 10.1. The molecule has 2 N–H and O–H groups in total. The molecule has 94 valence electrons. The van der Waals surface area contributed by atoms with Gasteiger partial charge in [0.25, 0.3) is 0 Å². The van der Waals surface area contributed by atoms with Crippen molar-refractivity contribution < 1.29 is 14.3 Å². The predicted octanol–water partition coefficient (Wildman–Crippen LogP) is 2.70. The second-order valence-corrected chi connectivity index (χ2v) is 4.71. The molecule has 0 fully saturated rings. The van der Waals surface area contributed by atoms with Crippen LogP contribution in [0.5, 0.6) is 0 Å². The molecule has 0 aliphatic rings. The molecule has 1 aromatic heterocycles. The predicted molar refractivity (Wildman–Crippen MR) is 67.1 cm³/mol. The normalized spacial score (nSPS) is 10.6. The third-order valence-electron chi connectivity index (χ3n) is 2.37. The number of aryl methyl sites for hydroxylation is 1. The molecule has 6 heteroatoms. The Bertz CT molecular complexity index is 583. The first-order valence-electron chi connectivity index (χ1n) is 5.22. The van der Waals surface area contributed by atoms with Crippen LogP contribution in [-0.4, -0.2) is 26.8 Å². The van der Waals surface area contributed by atoms with Crippen LogP contribution in [0.4, 0.5) is 4.39 Å². The number of nitrogens with one attached hydrogen (secondary N) is 1. The van der Waals surface area contributed by atoms with E-state index in [4.69, 9.17) is 5.11 Å². The molecule has 2 rings (SSSR count). The number of nitrogens with zero attached hydrogens (tertiary/aromatic N) is 1. The van der Waals surface area contributed by atoms with E-state index in [0.717, 1.165) is 11.8 Å². The van der Waals surface area contributed by atoms with Crippen LogP contribution in [0.25, 0.3) is 11.3 Å². The van der Waals surface area contributed by atoms with Gasteiger partial charge in [0.05, 0.1) is 17.6 Å². The molecule has 4 nitrogen and oxygen atoms in total. The van der Waals surface area contributed by atoms with Gasteiger partial charge in [-0.15, -0.1) is 0 Å². The van der Waals surface area contributed by atoms with Crippen LogP contribution in [-0.2, 0) is 4.79 Å². The number of carboxylic acids is 1. The minimum atomic E-state index is -0.903. The largest absolute Gasteiger partial charge is 0.481 e. The molecule has 1 heterocycles. The number of aromatic amines is 1. The van der Waals surface area contributed by atoms with Gasteiger partial charge in [-0.2, -0.15) is 0 Å². The van der Waals surface area contributed by atoms with Crippen molar-refractivity contribution in [3.8, 4) is 11.3 Å². The summed E-state index contributed by atoms with van der Waals surface area (Å²) in [5.74, 6) is -1.24. The molecule has 0 amide bonds. The molecule has 0 aliphatic heterocycles. The molecule has 0 bridgehead atoms. The van der Waals surface area contributed by atoms with E-state index in [1.807, 2.05) is 0 Å². The van der Waals surface area contributed by atoms with E-state index < -0.39 is 5.97 Å². The first-order chi connectivity index (χ1) is 8.56. The van der Waals surface area contributed by atoms with Crippen LogP contribution >= 0.6 is 11.8 Å². The Morgan fingerprint density at radius 2 is 2.33 bits per heavy atom. The molecule has 0 spiro atoms. The Morgan fingerprint density at radius 1 is 1.56 bits per heavy atom. The minimum Gasteiger partial charge on any atom is -0.481 e. The number of halogens is 1. The number of aliphatic carboxylic acids is 1. The monoisotopic (exact) mass is 266 g/mol. The van der Waals surface area contributed by atoms with Crippen LogP contribution in [0.15, 0.2) is 29.6 Å². The molecule has 0 saturated heterocycles. The Kier molecular flexibility index (Phi) is 3.66. The second kappa shape index (κ2) is 5.22. The molecule has 0 radical (unpaired) electrons. The number of benzene rings is 1. The zero-order valence-corrected chi connectivity index (χ0v) is 10.4. The summed E-state index contributed by atoms with van der Waals surface area (Å²) in [6.07, 6.45) is 1.56. The Labute approximate surface area is 107 Å². The molecule has 18 heavy (non-hydrogen) atoms. The average Bonchev–Trinajstić information content (AvgIpc) is 2.79. The number of rotatable bonds is 4. The Hall–Kier alpha value is -1.82. The summed E-state index contributed by atoms with van der Waals surface area (Å²) < 4.78 is 13.4. The lowest BCUT2D eigenvalue weighted by Crippen LogP contribution is -1.97. The number of hydrogen-bond acceptors (Lipinski definition) is 3.